The van der Waals surface area contributed by atoms with Gasteiger partial charge in [-0.15, -0.1) is 17.9 Å². The summed E-state index contributed by atoms with van der Waals surface area (Å²) in [5.41, 5.74) is 5.44. The zero-order valence-corrected chi connectivity index (χ0v) is 10.8. The number of hydrogen-bond donors (Lipinski definition) is 2. The van der Waals surface area contributed by atoms with Crippen molar-refractivity contribution in [2.45, 2.75) is 30.1 Å². The molecule has 0 fully saturated rings. The van der Waals surface area contributed by atoms with E-state index in [0.717, 1.165) is 4.88 Å². The fraction of sp³-hybridized carbons (Fsp3) is 0.400. The van der Waals surface area contributed by atoms with Crippen LogP contribution in [0.1, 0.15) is 18.2 Å². The van der Waals surface area contributed by atoms with Crippen LogP contribution in [0.25, 0.3) is 0 Å². The van der Waals surface area contributed by atoms with Gasteiger partial charge < -0.3 is 5.73 Å². The predicted molar refractivity (Wildman–Crippen MR) is 66.8 cm³/mol. The standard InChI is InChI=1S/C10H16N2O2S2/c1-3-4-8(2)12-16(13,14)10-6-5-9(7-11)15-10/h3,5-6,8,12H,1,4,7,11H2,2H3. The van der Waals surface area contributed by atoms with Crippen molar-refractivity contribution < 1.29 is 8.42 Å². The fourth-order valence-electron chi connectivity index (χ4n) is 1.23. The minimum absolute atomic E-state index is 0.147. The molecule has 0 aliphatic heterocycles. The van der Waals surface area contributed by atoms with E-state index in [0.29, 0.717) is 17.2 Å². The Bertz CT molecular complexity index is 451. The minimum Gasteiger partial charge on any atom is -0.326 e. The normalized spacial score (nSPS) is 13.6. The monoisotopic (exact) mass is 260 g/mol. The smallest absolute Gasteiger partial charge is 0.250 e. The number of nitrogens with one attached hydrogen (secondary N) is 1. The van der Waals surface area contributed by atoms with E-state index in [2.05, 4.69) is 11.3 Å². The summed E-state index contributed by atoms with van der Waals surface area (Å²) < 4.78 is 26.6. The van der Waals surface area contributed by atoms with Crippen molar-refractivity contribution in [2.24, 2.45) is 5.73 Å². The lowest BCUT2D eigenvalue weighted by atomic mass is 10.3. The summed E-state index contributed by atoms with van der Waals surface area (Å²) in [6.07, 6.45) is 2.29. The summed E-state index contributed by atoms with van der Waals surface area (Å²) in [6, 6.07) is 3.17. The van der Waals surface area contributed by atoms with Crippen molar-refractivity contribution in [3.63, 3.8) is 0 Å². The zero-order valence-electron chi connectivity index (χ0n) is 9.14. The van der Waals surface area contributed by atoms with Crippen molar-refractivity contribution in [3.8, 4) is 0 Å². The van der Waals surface area contributed by atoms with Crippen molar-refractivity contribution >= 4 is 21.4 Å². The molecule has 0 amide bonds. The molecule has 0 bridgehead atoms. The quantitative estimate of drug-likeness (QED) is 0.760. The van der Waals surface area contributed by atoms with Crippen LogP contribution in [0, 0.1) is 0 Å². The number of thiophene rings is 1. The van der Waals surface area contributed by atoms with Gasteiger partial charge in [-0.2, -0.15) is 0 Å². The second-order valence-electron chi connectivity index (χ2n) is 3.47. The SMILES string of the molecule is C=CCC(C)NS(=O)(=O)c1ccc(CN)s1. The Morgan fingerprint density at radius 1 is 1.62 bits per heavy atom. The summed E-state index contributed by atoms with van der Waals surface area (Å²) in [6.45, 7) is 5.74. The Hall–Kier alpha value is -0.690. The Labute approximate surface area is 100 Å². The summed E-state index contributed by atoms with van der Waals surface area (Å²) in [5, 5.41) is 0. The van der Waals surface area contributed by atoms with Crippen LogP contribution >= 0.6 is 11.3 Å². The van der Waals surface area contributed by atoms with Crippen LogP contribution in [0.5, 0.6) is 0 Å². The molecule has 1 atom stereocenters. The molecule has 1 aromatic heterocycles. The van der Waals surface area contributed by atoms with Gasteiger partial charge in [-0.05, 0) is 25.5 Å². The van der Waals surface area contributed by atoms with E-state index in [4.69, 9.17) is 5.73 Å². The molecule has 0 aliphatic carbocycles. The molecule has 1 heterocycles. The highest BCUT2D eigenvalue weighted by atomic mass is 32.2. The number of hydrogen-bond acceptors (Lipinski definition) is 4. The van der Waals surface area contributed by atoms with Gasteiger partial charge >= 0.3 is 0 Å². The van der Waals surface area contributed by atoms with Gasteiger partial charge in [0.05, 0.1) is 0 Å². The first-order chi connectivity index (χ1) is 7.49. The third kappa shape index (κ3) is 3.41. The average molecular weight is 260 g/mol. The molecule has 0 spiro atoms. The number of rotatable bonds is 6. The van der Waals surface area contributed by atoms with E-state index >= 15 is 0 Å². The highest BCUT2D eigenvalue weighted by Gasteiger charge is 2.18. The Kier molecular flexibility index (Phi) is 4.67. The first-order valence-electron chi connectivity index (χ1n) is 4.91. The zero-order chi connectivity index (χ0) is 12.2. The van der Waals surface area contributed by atoms with Gasteiger partial charge in [-0.3, -0.25) is 0 Å². The Morgan fingerprint density at radius 3 is 2.81 bits per heavy atom. The van der Waals surface area contributed by atoms with Gasteiger partial charge in [-0.1, -0.05) is 6.08 Å². The molecule has 0 saturated carbocycles. The Morgan fingerprint density at radius 2 is 2.31 bits per heavy atom. The van der Waals surface area contributed by atoms with E-state index in [-0.39, 0.29) is 6.04 Å². The maximum Gasteiger partial charge on any atom is 0.250 e. The average Bonchev–Trinajstić information content (AvgIpc) is 2.65. The molecule has 6 heteroatoms. The first kappa shape index (κ1) is 13.4. The van der Waals surface area contributed by atoms with Gasteiger partial charge in [0, 0.05) is 17.5 Å². The topological polar surface area (TPSA) is 72.2 Å². The molecule has 4 nitrogen and oxygen atoms in total. The molecule has 1 unspecified atom stereocenters. The summed E-state index contributed by atoms with van der Waals surface area (Å²) >= 11 is 1.20. The summed E-state index contributed by atoms with van der Waals surface area (Å²) in [4.78, 5) is 0.858. The summed E-state index contributed by atoms with van der Waals surface area (Å²) in [7, 11) is -3.41. The van der Waals surface area contributed by atoms with Crippen molar-refractivity contribution in [1.29, 1.82) is 0 Å². The molecule has 0 aliphatic rings. The molecule has 16 heavy (non-hydrogen) atoms. The number of sulfonamides is 1. The van der Waals surface area contributed by atoms with Gasteiger partial charge in [0.25, 0.3) is 0 Å². The lowest BCUT2D eigenvalue weighted by molar-refractivity contribution is 0.564. The van der Waals surface area contributed by atoms with E-state index in [1.54, 1.807) is 25.1 Å². The molecule has 1 rings (SSSR count). The van der Waals surface area contributed by atoms with Crippen molar-refractivity contribution in [1.82, 2.24) is 4.72 Å². The van der Waals surface area contributed by atoms with E-state index in [9.17, 15) is 8.42 Å². The highest BCUT2D eigenvalue weighted by molar-refractivity contribution is 7.91. The fourth-order valence-corrected chi connectivity index (χ4v) is 3.74. The van der Waals surface area contributed by atoms with E-state index in [1.165, 1.54) is 11.3 Å². The minimum atomic E-state index is -3.41. The number of nitrogens with two attached hydrogens (primary N) is 1. The van der Waals surface area contributed by atoms with Gasteiger partial charge in [0.2, 0.25) is 10.0 Å². The van der Waals surface area contributed by atoms with Crippen LogP contribution in [0.4, 0.5) is 0 Å². The lowest BCUT2D eigenvalue weighted by Gasteiger charge is -2.10. The van der Waals surface area contributed by atoms with Crippen LogP contribution in [-0.4, -0.2) is 14.5 Å². The van der Waals surface area contributed by atoms with Gasteiger partial charge in [0.1, 0.15) is 4.21 Å². The lowest BCUT2D eigenvalue weighted by Crippen LogP contribution is -2.31. The third-order valence-electron chi connectivity index (χ3n) is 1.98. The van der Waals surface area contributed by atoms with Gasteiger partial charge in [0.15, 0.2) is 0 Å². The van der Waals surface area contributed by atoms with Crippen LogP contribution < -0.4 is 10.5 Å². The predicted octanol–water partition coefficient (Wildman–Crippen LogP) is 1.45. The highest BCUT2D eigenvalue weighted by Crippen LogP contribution is 2.21. The van der Waals surface area contributed by atoms with Crippen LogP contribution in [-0.2, 0) is 16.6 Å². The summed E-state index contributed by atoms with van der Waals surface area (Å²) in [5.74, 6) is 0. The van der Waals surface area contributed by atoms with Crippen molar-refractivity contribution in [3.05, 3.63) is 29.7 Å². The maximum atomic E-state index is 11.9. The van der Waals surface area contributed by atoms with Crippen LogP contribution in [0.3, 0.4) is 0 Å². The Balaban J connectivity index is 2.81. The van der Waals surface area contributed by atoms with E-state index in [1.807, 2.05) is 0 Å². The molecule has 3 N–H and O–H groups in total. The molecule has 1 aromatic rings. The van der Waals surface area contributed by atoms with E-state index < -0.39 is 10.0 Å². The van der Waals surface area contributed by atoms with Crippen molar-refractivity contribution in [2.75, 3.05) is 0 Å². The second-order valence-corrected chi connectivity index (χ2v) is 6.58. The maximum absolute atomic E-state index is 11.9. The van der Waals surface area contributed by atoms with Crippen LogP contribution in [0.2, 0.25) is 0 Å². The molecule has 0 saturated heterocycles. The third-order valence-corrected chi connectivity index (χ3v) is 5.17. The molecule has 0 radical (unpaired) electrons. The molecular formula is C10H16N2O2S2. The van der Waals surface area contributed by atoms with Gasteiger partial charge in [-0.25, -0.2) is 13.1 Å². The second kappa shape index (κ2) is 5.58. The largest absolute Gasteiger partial charge is 0.326 e. The molecule has 0 aromatic carbocycles. The molecule has 90 valence electrons. The van der Waals surface area contributed by atoms with Crippen LogP contribution in [0.15, 0.2) is 29.0 Å². The first-order valence-corrected chi connectivity index (χ1v) is 7.21. The molecular weight excluding hydrogens is 244 g/mol.